The first-order chi connectivity index (χ1) is 10.6. The van der Waals surface area contributed by atoms with E-state index in [2.05, 4.69) is 16.3 Å². The zero-order valence-corrected chi connectivity index (χ0v) is 13.5. The summed E-state index contributed by atoms with van der Waals surface area (Å²) < 4.78 is 11.0. The third-order valence-electron chi connectivity index (χ3n) is 3.75. The number of morpholine rings is 1. The van der Waals surface area contributed by atoms with E-state index < -0.39 is 0 Å². The van der Waals surface area contributed by atoms with Crippen LogP contribution in [0, 0.1) is 12.8 Å². The summed E-state index contributed by atoms with van der Waals surface area (Å²) in [4.78, 5) is 15.8. The maximum atomic E-state index is 12.8. The van der Waals surface area contributed by atoms with Crippen LogP contribution in [0.3, 0.4) is 0 Å². The molecular formula is C15H19N3O3S. The summed E-state index contributed by atoms with van der Waals surface area (Å²) >= 11 is 1.68. The summed E-state index contributed by atoms with van der Waals surface area (Å²) in [5.74, 6) is 0.981. The molecule has 1 aliphatic rings. The van der Waals surface area contributed by atoms with Gasteiger partial charge in [-0.3, -0.25) is 4.79 Å². The zero-order valence-electron chi connectivity index (χ0n) is 12.7. The Morgan fingerprint density at radius 2 is 2.41 bits per heavy atom. The highest BCUT2D eigenvalue weighted by molar-refractivity contribution is 7.09. The molecule has 0 unspecified atom stereocenters. The Morgan fingerprint density at radius 3 is 3.09 bits per heavy atom. The second-order valence-corrected chi connectivity index (χ2v) is 6.50. The van der Waals surface area contributed by atoms with Crippen LogP contribution in [0.25, 0.3) is 0 Å². The van der Waals surface area contributed by atoms with Crippen molar-refractivity contribution in [2.75, 3.05) is 19.8 Å². The molecule has 0 bridgehead atoms. The summed E-state index contributed by atoms with van der Waals surface area (Å²) in [6.45, 7) is 5.21. The topological polar surface area (TPSA) is 68.5 Å². The van der Waals surface area contributed by atoms with Crippen LogP contribution in [-0.2, 0) is 16.0 Å². The lowest BCUT2D eigenvalue weighted by Crippen LogP contribution is -2.46. The molecule has 0 spiro atoms. The van der Waals surface area contributed by atoms with Crippen molar-refractivity contribution in [2.45, 2.75) is 26.3 Å². The van der Waals surface area contributed by atoms with Crippen LogP contribution in [-0.4, -0.2) is 40.8 Å². The van der Waals surface area contributed by atoms with Gasteiger partial charge in [-0.1, -0.05) is 13.0 Å². The van der Waals surface area contributed by atoms with Gasteiger partial charge in [0.1, 0.15) is 6.04 Å². The van der Waals surface area contributed by atoms with Crippen LogP contribution < -0.4 is 0 Å². The van der Waals surface area contributed by atoms with Crippen LogP contribution in [0.2, 0.25) is 0 Å². The Morgan fingerprint density at radius 1 is 1.55 bits per heavy atom. The Hall–Kier alpha value is -1.73. The molecule has 0 saturated carbocycles. The fraction of sp³-hybridized carbons (Fsp3) is 0.533. The van der Waals surface area contributed by atoms with E-state index in [9.17, 15) is 4.79 Å². The van der Waals surface area contributed by atoms with E-state index in [1.165, 1.54) is 4.88 Å². The molecule has 6 nitrogen and oxygen atoms in total. The molecule has 0 N–H and O–H groups in total. The number of carbonyl (C=O) groups is 1. The highest BCUT2D eigenvalue weighted by Crippen LogP contribution is 2.26. The SMILES string of the molecule is Cc1nnc([C@@H]2COCCN2C(=O)[C@H](C)Cc2cccs2)o1. The molecule has 3 heterocycles. The average Bonchev–Trinajstić information content (AvgIpc) is 3.18. The second-order valence-electron chi connectivity index (χ2n) is 5.47. The number of carbonyl (C=O) groups excluding carboxylic acids is 1. The van der Waals surface area contributed by atoms with Gasteiger partial charge in [0.25, 0.3) is 0 Å². The lowest BCUT2D eigenvalue weighted by molar-refractivity contribution is -0.145. The molecule has 22 heavy (non-hydrogen) atoms. The minimum absolute atomic E-state index is 0.0803. The number of aromatic nitrogens is 2. The van der Waals surface area contributed by atoms with E-state index in [4.69, 9.17) is 9.15 Å². The molecule has 2 aromatic heterocycles. The molecule has 2 aromatic rings. The van der Waals surface area contributed by atoms with Gasteiger partial charge in [0.05, 0.1) is 13.2 Å². The molecule has 2 atom stereocenters. The van der Waals surface area contributed by atoms with Crippen molar-refractivity contribution < 1.29 is 13.9 Å². The van der Waals surface area contributed by atoms with Crippen molar-refractivity contribution in [3.63, 3.8) is 0 Å². The lowest BCUT2D eigenvalue weighted by Gasteiger charge is -2.35. The van der Waals surface area contributed by atoms with E-state index in [-0.39, 0.29) is 17.9 Å². The first kappa shape index (κ1) is 15.2. The largest absolute Gasteiger partial charge is 0.423 e. The average molecular weight is 321 g/mol. The minimum atomic E-state index is -0.284. The second kappa shape index (κ2) is 6.58. The molecule has 1 amide bonds. The summed E-state index contributed by atoms with van der Waals surface area (Å²) in [5.41, 5.74) is 0. The Bertz CT molecular complexity index is 626. The summed E-state index contributed by atoms with van der Waals surface area (Å²) in [6.07, 6.45) is 0.753. The number of nitrogens with zero attached hydrogens (tertiary/aromatic N) is 3. The lowest BCUT2D eigenvalue weighted by atomic mass is 10.0. The number of ether oxygens (including phenoxy) is 1. The predicted molar refractivity (Wildman–Crippen MR) is 81.5 cm³/mol. The van der Waals surface area contributed by atoms with Crippen LogP contribution in [0.5, 0.6) is 0 Å². The standard InChI is InChI=1S/C15H19N3O3S/c1-10(8-12-4-3-7-22-12)15(19)18-5-6-20-9-13(18)14-17-16-11(2)21-14/h3-4,7,10,13H,5-6,8-9H2,1-2H3/t10-,13+/m1/s1. The first-order valence-corrected chi connectivity index (χ1v) is 8.23. The van der Waals surface area contributed by atoms with Gasteiger partial charge in [0, 0.05) is 24.3 Å². The van der Waals surface area contributed by atoms with E-state index in [1.54, 1.807) is 18.3 Å². The van der Waals surface area contributed by atoms with Gasteiger partial charge < -0.3 is 14.1 Å². The van der Waals surface area contributed by atoms with Gasteiger partial charge in [-0.15, -0.1) is 21.5 Å². The molecule has 1 aliphatic heterocycles. The summed E-state index contributed by atoms with van der Waals surface area (Å²) in [7, 11) is 0. The van der Waals surface area contributed by atoms with Crippen molar-refractivity contribution in [2.24, 2.45) is 5.92 Å². The van der Waals surface area contributed by atoms with Gasteiger partial charge in [-0.2, -0.15) is 0 Å². The van der Waals surface area contributed by atoms with E-state index in [0.29, 0.717) is 31.5 Å². The third kappa shape index (κ3) is 3.20. The monoisotopic (exact) mass is 321 g/mol. The number of hydrogen-bond donors (Lipinski definition) is 0. The number of rotatable bonds is 4. The van der Waals surface area contributed by atoms with Gasteiger partial charge in [0.15, 0.2) is 0 Å². The van der Waals surface area contributed by atoms with Gasteiger partial charge in [-0.25, -0.2) is 0 Å². The minimum Gasteiger partial charge on any atom is -0.423 e. The maximum absolute atomic E-state index is 12.8. The van der Waals surface area contributed by atoms with Crippen LogP contribution in [0.1, 0.15) is 29.6 Å². The fourth-order valence-electron chi connectivity index (χ4n) is 2.62. The van der Waals surface area contributed by atoms with Crippen molar-refractivity contribution in [1.82, 2.24) is 15.1 Å². The maximum Gasteiger partial charge on any atom is 0.241 e. The quantitative estimate of drug-likeness (QED) is 0.863. The molecule has 118 valence electrons. The van der Waals surface area contributed by atoms with Gasteiger partial charge in [0.2, 0.25) is 17.7 Å². The molecule has 0 aromatic carbocycles. The number of thiophene rings is 1. The molecule has 3 rings (SSSR count). The molecular weight excluding hydrogens is 302 g/mol. The van der Waals surface area contributed by atoms with Crippen molar-refractivity contribution in [3.05, 3.63) is 34.2 Å². The van der Waals surface area contributed by atoms with Crippen molar-refractivity contribution in [1.29, 1.82) is 0 Å². The third-order valence-corrected chi connectivity index (χ3v) is 4.65. The molecule has 0 radical (unpaired) electrons. The van der Waals surface area contributed by atoms with Crippen molar-refractivity contribution in [3.8, 4) is 0 Å². The zero-order chi connectivity index (χ0) is 15.5. The molecule has 7 heteroatoms. The normalized spacial score (nSPS) is 20.1. The fourth-order valence-corrected chi connectivity index (χ4v) is 3.45. The van der Waals surface area contributed by atoms with E-state index >= 15 is 0 Å². The smallest absolute Gasteiger partial charge is 0.241 e. The number of amides is 1. The highest BCUT2D eigenvalue weighted by atomic mass is 32.1. The Balaban J connectivity index is 1.73. The van der Waals surface area contributed by atoms with E-state index in [1.807, 2.05) is 23.3 Å². The highest BCUT2D eigenvalue weighted by Gasteiger charge is 2.34. The van der Waals surface area contributed by atoms with Gasteiger partial charge >= 0.3 is 0 Å². The number of hydrogen-bond acceptors (Lipinski definition) is 6. The molecule has 1 fully saturated rings. The summed E-state index contributed by atoms with van der Waals surface area (Å²) in [6, 6.07) is 3.79. The Kier molecular flexibility index (Phi) is 4.54. The van der Waals surface area contributed by atoms with Crippen LogP contribution >= 0.6 is 11.3 Å². The number of aryl methyl sites for hydroxylation is 1. The van der Waals surface area contributed by atoms with E-state index in [0.717, 1.165) is 6.42 Å². The molecule has 0 aliphatic carbocycles. The summed E-state index contributed by atoms with van der Waals surface area (Å²) in [5, 5.41) is 9.93. The predicted octanol–water partition coefficient (Wildman–Crippen LogP) is 2.22. The molecule has 1 saturated heterocycles. The Labute approximate surface area is 133 Å². The van der Waals surface area contributed by atoms with Gasteiger partial charge in [-0.05, 0) is 17.9 Å². The van der Waals surface area contributed by atoms with Crippen molar-refractivity contribution >= 4 is 17.2 Å². The first-order valence-electron chi connectivity index (χ1n) is 7.35. The van der Waals surface area contributed by atoms with Crippen LogP contribution in [0.4, 0.5) is 0 Å². The van der Waals surface area contributed by atoms with Crippen LogP contribution in [0.15, 0.2) is 21.9 Å².